The third kappa shape index (κ3) is 3.12. The second kappa shape index (κ2) is 6.86. The lowest BCUT2D eigenvalue weighted by molar-refractivity contribution is 0.0693. The molecule has 4 rings (SSSR count). The van der Waals surface area contributed by atoms with Crippen molar-refractivity contribution in [1.82, 2.24) is 20.4 Å². The van der Waals surface area contributed by atoms with Crippen molar-refractivity contribution in [2.45, 2.75) is 6.04 Å². The number of nitrogens with one attached hydrogen (secondary N) is 2. The van der Waals surface area contributed by atoms with E-state index in [1.54, 1.807) is 30.2 Å². The van der Waals surface area contributed by atoms with Gasteiger partial charge < -0.3 is 20.8 Å². The number of carboxylic acid groups (broad SMARTS) is 1. The van der Waals surface area contributed by atoms with E-state index in [-0.39, 0.29) is 11.3 Å². The van der Waals surface area contributed by atoms with Gasteiger partial charge >= 0.3 is 12.0 Å². The van der Waals surface area contributed by atoms with E-state index in [4.69, 9.17) is 5.11 Å². The van der Waals surface area contributed by atoms with Crippen molar-refractivity contribution >= 4 is 34.6 Å². The first kappa shape index (κ1) is 17.8. The fourth-order valence-electron chi connectivity index (χ4n) is 3.23. The number of phenols is 1. The minimum Gasteiger partial charge on any atom is -0.507 e. The molecule has 28 heavy (non-hydrogen) atoms. The topological polar surface area (TPSA) is 116 Å². The molecule has 4 N–H and O–H groups in total. The van der Waals surface area contributed by atoms with E-state index >= 15 is 0 Å². The van der Waals surface area contributed by atoms with Crippen LogP contribution >= 0.6 is 11.3 Å². The van der Waals surface area contributed by atoms with Crippen molar-refractivity contribution < 1.29 is 19.8 Å². The summed E-state index contributed by atoms with van der Waals surface area (Å²) in [6.07, 6.45) is 3.46. The van der Waals surface area contributed by atoms with Gasteiger partial charge in [-0.25, -0.2) is 9.59 Å². The van der Waals surface area contributed by atoms with E-state index in [0.717, 1.165) is 16.7 Å². The number of aromatic carboxylic acids is 1. The van der Waals surface area contributed by atoms with Gasteiger partial charge in [-0.15, -0.1) is 0 Å². The molecular formula is C19H16N4O4S. The van der Waals surface area contributed by atoms with Crippen molar-refractivity contribution in [2.24, 2.45) is 7.05 Å². The average Bonchev–Trinajstić information content (AvgIpc) is 3.32. The van der Waals surface area contributed by atoms with Gasteiger partial charge in [0.25, 0.3) is 0 Å². The monoisotopic (exact) mass is 396 g/mol. The number of amides is 2. The van der Waals surface area contributed by atoms with Crippen LogP contribution in [0.4, 0.5) is 4.79 Å². The van der Waals surface area contributed by atoms with Crippen LogP contribution in [-0.4, -0.2) is 32.0 Å². The van der Waals surface area contributed by atoms with E-state index in [2.05, 4.69) is 15.7 Å². The molecule has 0 spiro atoms. The Balaban J connectivity index is 1.91. The normalized spacial score (nSPS) is 16.6. The molecule has 3 aromatic rings. The van der Waals surface area contributed by atoms with Crippen LogP contribution in [0.25, 0.3) is 11.3 Å². The van der Waals surface area contributed by atoms with Gasteiger partial charge in [0.15, 0.2) is 0 Å². The Kier molecular flexibility index (Phi) is 4.36. The fraction of sp³-hybridized carbons (Fsp3) is 0.105. The minimum atomic E-state index is -1.22. The molecule has 1 atom stereocenters. The molecule has 1 aliphatic heterocycles. The summed E-state index contributed by atoms with van der Waals surface area (Å²) in [7, 11) is 1.79. The highest BCUT2D eigenvalue weighted by molar-refractivity contribution is 7.08. The molecule has 9 heteroatoms. The molecule has 0 saturated heterocycles. The Bertz CT molecular complexity index is 1100. The van der Waals surface area contributed by atoms with Crippen LogP contribution < -0.4 is 10.6 Å². The summed E-state index contributed by atoms with van der Waals surface area (Å²) in [5.41, 5.74) is 3.44. The molecule has 2 amide bonds. The summed E-state index contributed by atoms with van der Waals surface area (Å²) in [5.74, 6) is -1.58. The van der Waals surface area contributed by atoms with Gasteiger partial charge in [0.2, 0.25) is 0 Å². The first-order chi connectivity index (χ1) is 13.4. The lowest BCUT2D eigenvalue weighted by atomic mass is 9.89. The number of aryl methyl sites for hydroxylation is 1. The van der Waals surface area contributed by atoms with Crippen molar-refractivity contribution in [2.75, 3.05) is 0 Å². The molecule has 0 saturated carbocycles. The summed E-state index contributed by atoms with van der Waals surface area (Å²) in [6.45, 7) is 0. The molecule has 142 valence electrons. The molecule has 1 aromatic carbocycles. The van der Waals surface area contributed by atoms with Crippen LogP contribution in [0.2, 0.25) is 0 Å². The van der Waals surface area contributed by atoms with E-state index in [0.29, 0.717) is 11.3 Å². The SMILES string of the molecule is Cn1cc(C2=C(c3ccsc3)[C@H](c3ccc(C(=O)O)c(O)c3)NC(=O)N2)cn1. The van der Waals surface area contributed by atoms with Crippen molar-refractivity contribution in [3.63, 3.8) is 0 Å². The zero-order chi connectivity index (χ0) is 19.8. The number of hydrogen-bond acceptors (Lipinski definition) is 5. The highest BCUT2D eigenvalue weighted by atomic mass is 32.1. The lowest BCUT2D eigenvalue weighted by Crippen LogP contribution is -2.42. The summed E-state index contributed by atoms with van der Waals surface area (Å²) >= 11 is 1.52. The van der Waals surface area contributed by atoms with Crippen LogP contribution in [0.3, 0.4) is 0 Å². The van der Waals surface area contributed by atoms with Gasteiger partial charge in [-0.2, -0.15) is 16.4 Å². The van der Waals surface area contributed by atoms with Gasteiger partial charge in [-0.3, -0.25) is 4.68 Å². The van der Waals surface area contributed by atoms with Crippen LogP contribution in [0.5, 0.6) is 5.75 Å². The molecule has 0 unspecified atom stereocenters. The first-order valence-electron chi connectivity index (χ1n) is 8.33. The smallest absolute Gasteiger partial charge is 0.339 e. The van der Waals surface area contributed by atoms with Gasteiger partial charge in [0.1, 0.15) is 11.3 Å². The lowest BCUT2D eigenvalue weighted by Gasteiger charge is -2.30. The maximum absolute atomic E-state index is 12.4. The maximum atomic E-state index is 12.4. The number of urea groups is 1. The summed E-state index contributed by atoms with van der Waals surface area (Å²) in [4.78, 5) is 23.6. The highest BCUT2D eigenvalue weighted by Crippen LogP contribution is 2.39. The van der Waals surface area contributed by atoms with E-state index in [9.17, 15) is 14.7 Å². The molecule has 0 aliphatic carbocycles. The number of carboxylic acids is 1. The molecular weight excluding hydrogens is 380 g/mol. The van der Waals surface area contributed by atoms with Gasteiger partial charge in [0, 0.05) is 24.4 Å². The average molecular weight is 396 g/mol. The Hall–Kier alpha value is -3.59. The number of carbonyl (C=O) groups is 2. The van der Waals surface area contributed by atoms with E-state index < -0.39 is 18.0 Å². The predicted octanol–water partition coefficient (Wildman–Crippen LogP) is 2.81. The highest BCUT2D eigenvalue weighted by Gasteiger charge is 2.31. The van der Waals surface area contributed by atoms with Crippen molar-refractivity contribution in [3.05, 3.63) is 69.7 Å². The minimum absolute atomic E-state index is 0.197. The third-order valence-corrected chi connectivity index (χ3v) is 5.17. The van der Waals surface area contributed by atoms with Crippen molar-refractivity contribution in [3.8, 4) is 5.75 Å². The largest absolute Gasteiger partial charge is 0.507 e. The maximum Gasteiger partial charge on any atom is 0.339 e. The quantitative estimate of drug-likeness (QED) is 0.541. The first-order valence-corrected chi connectivity index (χ1v) is 9.28. The van der Waals surface area contributed by atoms with E-state index in [1.165, 1.54) is 23.5 Å². The Morgan fingerprint density at radius 1 is 1.29 bits per heavy atom. The molecule has 2 aromatic heterocycles. The van der Waals surface area contributed by atoms with Gasteiger partial charge in [-0.05, 0) is 40.1 Å². The number of benzene rings is 1. The van der Waals surface area contributed by atoms with Crippen LogP contribution in [0.1, 0.15) is 33.1 Å². The Morgan fingerprint density at radius 3 is 2.71 bits per heavy atom. The number of thiophene rings is 1. The number of aromatic hydroxyl groups is 1. The van der Waals surface area contributed by atoms with Gasteiger partial charge in [-0.1, -0.05) is 6.07 Å². The van der Waals surface area contributed by atoms with Crippen molar-refractivity contribution in [1.29, 1.82) is 0 Å². The number of aromatic nitrogens is 2. The van der Waals surface area contributed by atoms with E-state index in [1.807, 2.05) is 16.8 Å². The number of hydrogen-bond donors (Lipinski definition) is 4. The van der Waals surface area contributed by atoms with Gasteiger partial charge in [0.05, 0.1) is 17.9 Å². The Morgan fingerprint density at radius 2 is 2.11 bits per heavy atom. The zero-order valence-corrected chi connectivity index (χ0v) is 15.5. The molecule has 0 fully saturated rings. The zero-order valence-electron chi connectivity index (χ0n) is 14.7. The van der Waals surface area contributed by atoms with Crippen LogP contribution in [-0.2, 0) is 7.05 Å². The molecule has 3 heterocycles. The molecule has 0 radical (unpaired) electrons. The Labute approximate surface area is 163 Å². The second-order valence-corrected chi connectivity index (χ2v) is 7.10. The number of rotatable bonds is 4. The molecule has 1 aliphatic rings. The summed E-state index contributed by atoms with van der Waals surface area (Å²) in [6, 6.07) is 5.25. The standard InChI is InChI=1S/C19H16N4O4S/c1-23-8-12(7-20-23)17-15(11-4-5-28-9-11)16(21-19(27)22-17)10-2-3-13(18(25)26)14(24)6-10/h2-9,16,24H,1H3,(H,25,26)(H2,21,22,27)/t16-/m0/s1. The second-order valence-electron chi connectivity index (χ2n) is 6.32. The van der Waals surface area contributed by atoms with Crippen LogP contribution in [0, 0.1) is 0 Å². The summed E-state index contributed by atoms with van der Waals surface area (Å²) in [5, 5.41) is 33.1. The third-order valence-electron chi connectivity index (χ3n) is 4.48. The summed E-state index contributed by atoms with van der Waals surface area (Å²) < 4.78 is 1.64. The number of nitrogens with zero attached hydrogens (tertiary/aromatic N) is 2. The molecule has 0 bridgehead atoms. The van der Waals surface area contributed by atoms with Crippen LogP contribution in [0.15, 0.2) is 47.4 Å². The fourth-order valence-corrected chi connectivity index (χ4v) is 3.89. The predicted molar refractivity (Wildman–Crippen MR) is 104 cm³/mol. The number of carbonyl (C=O) groups excluding carboxylic acids is 1. The molecule has 8 nitrogen and oxygen atoms in total.